The highest BCUT2D eigenvalue weighted by Crippen LogP contribution is 2.15. The highest BCUT2D eigenvalue weighted by Gasteiger charge is 2.28. The molecular formula is C11H19NO4. The molecule has 0 N–H and O–H groups in total. The third-order valence-corrected chi connectivity index (χ3v) is 2.49. The summed E-state index contributed by atoms with van der Waals surface area (Å²) >= 11 is 0. The van der Waals surface area contributed by atoms with E-state index in [4.69, 9.17) is 9.47 Å². The van der Waals surface area contributed by atoms with Crippen molar-refractivity contribution in [3.8, 4) is 0 Å². The Bertz CT molecular complexity index is 254. The van der Waals surface area contributed by atoms with Crippen molar-refractivity contribution >= 4 is 11.9 Å². The SMILES string of the molecule is CCC(=O)OCCOC(=O)CCN1CC1C. The lowest BCUT2D eigenvalue weighted by Gasteiger charge is -2.06. The molecule has 0 aromatic rings. The van der Waals surface area contributed by atoms with Crippen LogP contribution in [0.15, 0.2) is 0 Å². The van der Waals surface area contributed by atoms with Crippen LogP contribution < -0.4 is 0 Å². The van der Waals surface area contributed by atoms with Crippen LogP contribution in [0.25, 0.3) is 0 Å². The molecule has 5 nitrogen and oxygen atoms in total. The van der Waals surface area contributed by atoms with Crippen molar-refractivity contribution in [3.05, 3.63) is 0 Å². The van der Waals surface area contributed by atoms with Gasteiger partial charge >= 0.3 is 11.9 Å². The molecule has 0 saturated carbocycles. The Labute approximate surface area is 95.7 Å². The number of carbonyl (C=O) groups excluding carboxylic acids is 2. The standard InChI is InChI=1S/C11H19NO4/c1-3-10(13)15-6-7-16-11(14)4-5-12-8-9(12)2/h9H,3-8H2,1-2H3. The molecule has 5 heteroatoms. The molecule has 0 aromatic carbocycles. The van der Waals surface area contributed by atoms with Gasteiger partial charge in [0.25, 0.3) is 0 Å². The predicted octanol–water partition coefficient (Wildman–Crippen LogP) is 0.577. The lowest BCUT2D eigenvalue weighted by Crippen LogP contribution is -2.16. The second kappa shape index (κ2) is 6.48. The van der Waals surface area contributed by atoms with Crippen molar-refractivity contribution in [1.29, 1.82) is 0 Å². The molecule has 2 unspecified atom stereocenters. The van der Waals surface area contributed by atoms with Gasteiger partial charge in [-0.2, -0.15) is 0 Å². The Kier molecular flexibility index (Phi) is 5.25. The average Bonchev–Trinajstić information content (AvgIpc) is 2.97. The molecule has 2 atom stereocenters. The summed E-state index contributed by atoms with van der Waals surface area (Å²) in [5.74, 6) is -0.499. The molecule has 0 spiro atoms. The lowest BCUT2D eigenvalue weighted by molar-refractivity contribution is -0.152. The molecule has 16 heavy (non-hydrogen) atoms. The zero-order chi connectivity index (χ0) is 12.0. The van der Waals surface area contributed by atoms with Gasteiger partial charge in [-0.15, -0.1) is 0 Å². The summed E-state index contributed by atoms with van der Waals surface area (Å²) in [4.78, 5) is 24.1. The van der Waals surface area contributed by atoms with Crippen LogP contribution in [-0.4, -0.2) is 49.2 Å². The molecule has 0 aliphatic carbocycles. The number of hydrogen-bond acceptors (Lipinski definition) is 5. The molecule has 0 radical (unpaired) electrons. The Morgan fingerprint density at radius 1 is 1.25 bits per heavy atom. The van der Waals surface area contributed by atoms with E-state index in [1.165, 1.54) is 0 Å². The second-order valence-electron chi connectivity index (χ2n) is 3.89. The van der Waals surface area contributed by atoms with Crippen molar-refractivity contribution in [2.75, 3.05) is 26.3 Å². The Morgan fingerprint density at radius 2 is 1.81 bits per heavy atom. The van der Waals surface area contributed by atoms with Crippen molar-refractivity contribution in [1.82, 2.24) is 4.90 Å². The molecule has 0 amide bonds. The zero-order valence-corrected chi connectivity index (χ0v) is 9.90. The Hall–Kier alpha value is -1.10. The maximum Gasteiger partial charge on any atom is 0.307 e. The summed E-state index contributed by atoms with van der Waals surface area (Å²) in [7, 11) is 0. The van der Waals surface area contributed by atoms with E-state index < -0.39 is 0 Å². The minimum absolute atomic E-state index is 0.151. The van der Waals surface area contributed by atoms with Gasteiger partial charge in [-0.1, -0.05) is 6.92 Å². The number of carbonyl (C=O) groups is 2. The van der Waals surface area contributed by atoms with E-state index in [1.54, 1.807) is 6.92 Å². The highest BCUT2D eigenvalue weighted by molar-refractivity contribution is 5.70. The van der Waals surface area contributed by atoms with Gasteiger partial charge in [-0.25, -0.2) is 0 Å². The number of nitrogens with zero attached hydrogens (tertiary/aromatic N) is 1. The smallest absolute Gasteiger partial charge is 0.307 e. The van der Waals surface area contributed by atoms with E-state index in [-0.39, 0.29) is 25.2 Å². The van der Waals surface area contributed by atoms with Crippen LogP contribution in [0.3, 0.4) is 0 Å². The van der Waals surface area contributed by atoms with E-state index >= 15 is 0 Å². The third-order valence-electron chi connectivity index (χ3n) is 2.49. The molecule has 92 valence electrons. The van der Waals surface area contributed by atoms with Crippen molar-refractivity contribution < 1.29 is 19.1 Å². The fourth-order valence-corrected chi connectivity index (χ4v) is 1.32. The van der Waals surface area contributed by atoms with E-state index in [9.17, 15) is 9.59 Å². The van der Waals surface area contributed by atoms with E-state index in [1.807, 2.05) is 0 Å². The number of esters is 2. The lowest BCUT2D eigenvalue weighted by atomic mass is 10.4. The molecular weight excluding hydrogens is 210 g/mol. The summed E-state index contributed by atoms with van der Waals surface area (Å²) in [6.07, 6.45) is 0.757. The normalized spacial score (nSPS) is 22.6. The van der Waals surface area contributed by atoms with Crippen LogP contribution in [-0.2, 0) is 19.1 Å². The molecule has 0 bridgehead atoms. The van der Waals surface area contributed by atoms with Gasteiger partial charge in [0.15, 0.2) is 0 Å². The van der Waals surface area contributed by atoms with Gasteiger partial charge in [0.2, 0.25) is 0 Å². The van der Waals surface area contributed by atoms with Gasteiger partial charge in [-0.05, 0) is 6.92 Å². The van der Waals surface area contributed by atoms with Crippen LogP contribution in [0.4, 0.5) is 0 Å². The van der Waals surface area contributed by atoms with Crippen LogP contribution >= 0.6 is 0 Å². The first-order chi connectivity index (χ1) is 7.63. The molecule has 1 fully saturated rings. The first-order valence-corrected chi connectivity index (χ1v) is 5.68. The fraction of sp³-hybridized carbons (Fsp3) is 0.818. The van der Waals surface area contributed by atoms with Crippen LogP contribution in [0.5, 0.6) is 0 Å². The molecule has 1 aliphatic rings. The quantitative estimate of drug-likeness (QED) is 0.363. The number of hydrogen-bond donors (Lipinski definition) is 0. The molecule has 1 rings (SSSR count). The summed E-state index contributed by atoms with van der Waals surface area (Å²) in [5, 5.41) is 0. The van der Waals surface area contributed by atoms with Gasteiger partial charge in [-0.3, -0.25) is 14.5 Å². The average molecular weight is 229 g/mol. The van der Waals surface area contributed by atoms with Crippen LogP contribution in [0, 0.1) is 0 Å². The maximum atomic E-state index is 11.2. The molecule has 0 aromatic heterocycles. The predicted molar refractivity (Wildman–Crippen MR) is 57.9 cm³/mol. The zero-order valence-electron chi connectivity index (χ0n) is 9.90. The van der Waals surface area contributed by atoms with E-state index in [0.717, 1.165) is 13.1 Å². The van der Waals surface area contributed by atoms with Crippen molar-refractivity contribution in [2.45, 2.75) is 32.7 Å². The third kappa shape index (κ3) is 5.11. The fourth-order valence-electron chi connectivity index (χ4n) is 1.32. The summed E-state index contributed by atoms with van der Waals surface area (Å²) < 4.78 is 9.68. The Morgan fingerprint density at radius 3 is 2.31 bits per heavy atom. The first kappa shape index (κ1) is 13.0. The van der Waals surface area contributed by atoms with E-state index in [2.05, 4.69) is 11.8 Å². The van der Waals surface area contributed by atoms with Crippen molar-refractivity contribution in [2.24, 2.45) is 0 Å². The number of ether oxygens (including phenoxy) is 2. The van der Waals surface area contributed by atoms with Gasteiger partial charge in [0, 0.05) is 25.6 Å². The topological polar surface area (TPSA) is 55.6 Å². The summed E-state index contributed by atoms with van der Waals surface area (Å²) in [6.45, 7) is 5.98. The molecule has 1 saturated heterocycles. The van der Waals surface area contributed by atoms with Crippen molar-refractivity contribution in [3.63, 3.8) is 0 Å². The summed E-state index contributed by atoms with van der Waals surface area (Å²) in [6, 6.07) is 0.610. The van der Waals surface area contributed by atoms with Gasteiger partial charge in [0.05, 0.1) is 6.42 Å². The minimum Gasteiger partial charge on any atom is -0.462 e. The largest absolute Gasteiger partial charge is 0.462 e. The Balaban J connectivity index is 1.92. The highest BCUT2D eigenvalue weighted by atomic mass is 16.6. The minimum atomic E-state index is -0.269. The van der Waals surface area contributed by atoms with Crippen LogP contribution in [0.1, 0.15) is 26.7 Å². The molecule has 1 heterocycles. The monoisotopic (exact) mass is 229 g/mol. The maximum absolute atomic E-state index is 11.2. The van der Waals surface area contributed by atoms with Crippen LogP contribution in [0.2, 0.25) is 0 Å². The first-order valence-electron chi connectivity index (χ1n) is 5.68. The summed E-state index contributed by atoms with van der Waals surface area (Å²) in [5.41, 5.74) is 0. The number of rotatable bonds is 7. The van der Waals surface area contributed by atoms with Gasteiger partial charge < -0.3 is 9.47 Å². The van der Waals surface area contributed by atoms with E-state index in [0.29, 0.717) is 18.9 Å². The second-order valence-corrected chi connectivity index (χ2v) is 3.89. The molecule has 1 aliphatic heterocycles. The van der Waals surface area contributed by atoms with Gasteiger partial charge in [0.1, 0.15) is 13.2 Å².